The molecular formula is C11H13ClN2O4. The summed E-state index contributed by atoms with van der Waals surface area (Å²) in [6.45, 7) is 1.60. The molecule has 0 aliphatic rings. The quantitative estimate of drug-likeness (QED) is 0.559. The van der Waals surface area contributed by atoms with Crippen LogP contribution in [0, 0.1) is 0 Å². The maximum absolute atomic E-state index is 11.4. The number of benzene rings is 1. The zero-order chi connectivity index (χ0) is 13.5. The van der Waals surface area contributed by atoms with Crippen molar-refractivity contribution >= 4 is 23.4 Å². The maximum atomic E-state index is 11.4. The van der Waals surface area contributed by atoms with E-state index in [4.69, 9.17) is 21.6 Å². The molecule has 0 saturated carbocycles. The van der Waals surface area contributed by atoms with E-state index >= 15 is 0 Å². The Balaban J connectivity index is 2.80. The van der Waals surface area contributed by atoms with Crippen LogP contribution in [0.15, 0.2) is 18.2 Å². The van der Waals surface area contributed by atoms with Crippen molar-refractivity contribution in [1.29, 1.82) is 0 Å². The van der Waals surface area contributed by atoms with Gasteiger partial charge < -0.3 is 0 Å². The van der Waals surface area contributed by atoms with Crippen LogP contribution in [-0.4, -0.2) is 17.0 Å². The largest absolute Gasteiger partial charge is 0.288 e. The molecule has 18 heavy (non-hydrogen) atoms. The number of carbonyl (C=O) groups is 2. The fraction of sp³-hybridized carbons (Fsp3) is 0.273. The second-order valence-corrected chi connectivity index (χ2v) is 3.78. The Morgan fingerprint density at radius 2 is 2.17 bits per heavy atom. The Morgan fingerprint density at radius 3 is 2.78 bits per heavy atom. The van der Waals surface area contributed by atoms with Gasteiger partial charge in [0.15, 0.2) is 0 Å². The number of amides is 2. The highest BCUT2D eigenvalue weighted by molar-refractivity contribution is 6.31. The molecule has 0 aromatic heterocycles. The molecule has 0 aliphatic carbocycles. The van der Waals surface area contributed by atoms with Crippen molar-refractivity contribution < 1.29 is 19.6 Å². The molecule has 0 unspecified atom stereocenters. The highest BCUT2D eigenvalue weighted by Crippen LogP contribution is 2.20. The topological polar surface area (TPSA) is 87.7 Å². The van der Waals surface area contributed by atoms with Crippen LogP contribution in [0.4, 0.5) is 0 Å². The Bertz CT molecular complexity index is 451. The summed E-state index contributed by atoms with van der Waals surface area (Å²) in [4.78, 5) is 27.3. The van der Waals surface area contributed by atoms with Crippen molar-refractivity contribution in [1.82, 2.24) is 11.0 Å². The molecule has 1 rings (SSSR count). The number of hydrogen-bond donors (Lipinski definition) is 3. The SMILES string of the molecule is CCC(=O)NOCc1c(Cl)cccc1C(=O)NO. The van der Waals surface area contributed by atoms with E-state index in [9.17, 15) is 9.59 Å². The molecule has 2 amide bonds. The first-order chi connectivity index (χ1) is 8.60. The zero-order valence-corrected chi connectivity index (χ0v) is 10.5. The molecule has 6 nitrogen and oxygen atoms in total. The third kappa shape index (κ3) is 3.69. The lowest BCUT2D eigenvalue weighted by Gasteiger charge is -2.10. The van der Waals surface area contributed by atoms with Crippen LogP contribution in [0.25, 0.3) is 0 Å². The van der Waals surface area contributed by atoms with Gasteiger partial charge >= 0.3 is 0 Å². The number of carbonyl (C=O) groups excluding carboxylic acids is 2. The van der Waals surface area contributed by atoms with E-state index in [1.807, 2.05) is 0 Å². The summed E-state index contributed by atoms with van der Waals surface area (Å²) in [6.07, 6.45) is 0.284. The molecular weight excluding hydrogens is 260 g/mol. The smallest absolute Gasteiger partial charge is 0.275 e. The van der Waals surface area contributed by atoms with Gasteiger partial charge in [0.25, 0.3) is 5.91 Å². The van der Waals surface area contributed by atoms with Gasteiger partial charge in [0.05, 0.1) is 0 Å². The maximum Gasteiger partial charge on any atom is 0.275 e. The lowest BCUT2D eigenvalue weighted by molar-refractivity contribution is -0.134. The van der Waals surface area contributed by atoms with E-state index in [2.05, 4.69) is 5.48 Å². The van der Waals surface area contributed by atoms with Crippen LogP contribution in [0.3, 0.4) is 0 Å². The standard InChI is InChI=1S/C11H13ClN2O4/c1-2-10(15)14-18-6-8-7(11(16)13-17)4-3-5-9(8)12/h3-5,17H,2,6H2,1H3,(H,13,16)(H,14,15). The van der Waals surface area contributed by atoms with Gasteiger partial charge in [-0.05, 0) is 12.1 Å². The highest BCUT2D eigenvalue weighted by atomic mass is 35.5. The third-order valence-electron chi connectivity index (χ3n) is 2.19. The lowest BCUT2D eigenvalue weighted by Crippen LogP contribution is -2.24. The van der Waals surface area contributed by atoms with E-state index in [0.717, 1.165) is 0 Å². The highest BCUT2D eigenvalue weighted by Gasteiger charge is 2.14. The van der Waals surface area contributed by atoms with Crippen LogP contribution < -0.4 is 11.0 Å². The first kappa shape index (κ1) is 14.4. The van der Waals surface area contributed by atoms with Gasteiger partial charge in [0.2, 0.25) is 5.91 Å². The average Bonchev–Trinajstić information content (AvgIpc) is 2.39. The predicted molar refractivity (Wildman–Crippen MR) is 63.9 cm³/mol. The second kappa shape index (κ2) is 6.95. The van der Waals surface area contributed by atoms with E-state index in [1.165, 1.54) is 11.5 Å². The summed E-state index contributed by atoms with van der Waals surface area (Å²) in [5.41, 5.74) is 4.27. The fourth-order valence-corrected chi connectivity index (χ4v) is 1.47. The molecule has 7 heteroatoms. The molecule has 0 bridgehead atoms. The van der Waals surface area contributed by atoms with Crippen LogP contribution in [0.1, 0.15) is 29.3 Å². The minimum atomic E-state index is -0.696. The van der Waals surface area contributed by atoms with Crippen molar-refractivity contribution in [3.8, 4) is 0 Å². The first-order valence-corrected chi connectivity index (χ1v) is 5.60. The van der Waals surface area contributed by atoms with Gasteiger partial charge in [0, 0.05) is 22.6 Å². The molecule has 3 N–H and O–H groups in total. The van der Waals surface area contributed by atoms with Gasteiger partial charge in [-0.2, -0.15) is 0 Å². The van der Waals surface area contributed by atoms with E-state index < -0.39 is 5.91 Å². The van der Waals surface area contributed by atoms with E-state index in [0.29, 0.717) is 10.6 Å². The Hall–Kier alpha value is -1.63. The van der Waals surface area contributed by atoms with Crippen molar-refractivity contribution in [2.45, 2.75) is 20.0 Å². The fourth-order valence-electron chi connectivity index (χ4n) is 1.24. The number of hydroxylamine groups is 2. The number of hydrogen-bond acceptors (Lipinski definition) is 4. The van der Waals surface area contributed by atoms with Crippen LogP contribution >= 0.6 is 11.6 Å². The number of rotatable bonds is 5. The first-order valence-electron chi connectivity index (χ1n) is 5.22. The molecule has 0 atom stereocenters. The second-order valence-electron chi connectivity index (χ2n) is 3.37. The van der Waals surface area contributed by atoms with Gasteiger partial charge in [0.1, 0.15) is 6.61 Å². The molecule has 0 radical (unpaired) electrons. The molecule has 0 fully saturated rings. The molecule has 0 saturated heterocycles. The van der Waals surface area contributed by atoms with Crippen molar-refractivity contribution in [3.63, 3.8) is 0 Å². The van der Waals surface area contributed by atoms with Gasteiger partial charge in [-0.1, -0.05) is 24.6 Å². The molecule has 0 heterocycles. The Morgan fingerprint density at radius 1 is 1.44 bits per heavy atom. The van der Waals surface area contributed by atoms with Crippen molar-refractivity contribution in [3.05, 3.63) is 34.3 Å². The van der Waals surface area contributed by atoms with Gasteiger partial charge in [-0.25, -0.2) is 11.0 Å². The van der Waals surface area contributed by atoms with E-state index in [-0.39, 0.29) is 24.5 Å². The van der Waals surface area contributed by atoms with Crippen LogP contribution in [-0.2, 0) is 16.2 Å². The molecule has 0 spiro atoms. The summed E-state index contributed by atoms with van der Waals surface area (Å²) in [5, 5.41) is 8.91. The summed E-state index contributed by atoms with van der Waals surface area (Å²) in [5.74, 6) is -0.979. The minimum absolute atomic E-state index is 0.0752. The zero-order valence-electron chi connectivity index (χ0n) is 9.70. The average molecular weight is 273 g/mol. The summed E-state index contributed by atoms with van der Waals surface area (Å²) >= 11 is 5.93. The molecule has 1 aromatic carbocycles. The summed E-state index contributed by atoms with van der Waals surface area (Å²) in [6, 6.07) is 4.63. The van der Waals surface area contributed by atoms with E-state index in [1.54, 1.807) is 19.1 Å². The molecule has 98 valence electrons. The summed E-state index contributed by atoms with van der Waals surface area (Å²) < 4.78 is 0. The van der Waals surface area contributed by atoms with Gasteiger partial charge in [-0.3, -0.25) is 19.6 Å². The normalized spacial score (nSPS) is 9.94. The molecule has 1 aromatic rings. The molecule has 0 aliphatic heterocycles. The minimum Gasteiger partial charge on any atom is -0.288 e. The summed E-state index contributed by atoms with van der Waals surface area (Å²) in [7, 11) is 0. The monoisotopic (exact) mass is 272 g/mol. The Labute approximate surface area is 109 Å². The van der Waals surface area contributed by atoms with Crippen LogP contribution in [0.5, 0.6) is 0 Å². The lowest BCUT2D eigenvalue weighted by atomic mass is 10.1. The van der Waals surface area contributed by atoms with Crippen molar-refractivity contribution in [2.75, 3.05) is 0 Å². The number of halogens is 1. The van der Waals surface area contributed by atoms with Gasteiger partial charge in [-0.15, -0.1) is 0 Å². The predicted octanol–water partition coefficient (Wildman–Crippen LogP) is 1.42. The van der Waals surface area contributed by atoms with Crippen molar-refractivity contribution in [2.24, 2.45) is 0 Å². The Kier molecular flexibility index (Phi) is 5.57. The number of nitrogens with one attached hydrogen (secondary N) is 2. The van der Waals surface area contributed by atoms with Crippen LogP contribution in [0.2, 0.25) is 5.02 Å². The third-order valence-corrected chi connectivity index (χ3v) is 2.54.